The van der Waals surface area contributed by atoms with Gasteiger partial charge in [0.05, 0.1) is 0 Å². The van der Waals surface area contributed by atoms with Crippen molar-refractivity contribution in [2.45, 2.75) is 19.9 Å². The van der Waals surface area contributed by atoms with Crippen molar-refractivity contribution in [3.63, 3.8) is 0 Å². The molecular formula is C8H17N3O. The summed E-state index contributed by atoms with van der Waals surface area (Å²) in [4.78, 5) is 10.7. The molecule has 0 aromatic carbocycles. The highest BCUT2D eigenvalue weighted by Gasteiger charge is 2.17. The van der Waals surface area contributed by atoms with Gasteiger partial charge in [0, 0.05) is 32.2 Å². The maximum atomic E-state index is 10.7. The van der Waals surface area contributed by atoms with Gasteiger partial charge in [0.2, 0.25) is 6.41 Å². The Morgan fingerprint density at radius 3 is 2.42 bits per heavy atom. The van der Waals surface area contributed by atoms with Crippen LogP contribution in [-0.2, 0) is 4.79 Å². The number of piperazine rings is 1. The number of carbonyl (C=O) groups excluding carboxylic acids is 1. The van der Waals surface area contributed by atoms with Crippen LogP contribution in [0.2, 0.25) is 0 Å². The first kappa shape index (κ1) is 9.48. The molecule has 70 valence electrons. The van der Waals surface area contributed by atoms with Gasteiger partial charge in [-0.05, 0) is 13.8 Å². The molecule has 4 heteroatoms. The fraction of sp³-hybridized carbons (Fsp3) is 0.875. The molecule has 1 amide bonds. The van der Waals surface area contributed by atoms with Gasteiger partial charge in [-0.25, -0.2) is 5.01 Å². The van der Waals surface area contributed by atoms with Gasteiger partial charge in [-0.1, -0.05) is 0 Å². The summed E-state index contributed by atoms with van der Waals surface area (Å²) in [6.07, 6.45) is 0.913. The molecule has 1 aliphatic rings. The van der Waals surface area contributed by atoms with Crippen LogP contribution in [-0.4, -0.2) is 48.6 Å². The standard InChI is InChI=1S/C8H17N3O/c1-8(2)11(7-12)10-5-3-9-4-6-10/h7-9H,3-6H2,1-2H3. The lowest BCUT2D eigenvalue weighted by atomic mass is 10.3. The van der Waals surface area contributed by atoms with Gasteiger partial charge in [-0.2, -0.15) is 0 Å². The molecule has 1 fully saturated rings. The Balaban J connectivity index is 2.45. The number of hydrazine groups is 1. The minimum atomic E-state index is 0.264. The maximum Gasteiger partial charge on any atom is 0.224 e. The second-order valence-electron chi connectivity index (χ2n) is 3.28. The van der Waals surface area contributed by atoms with E-state index in [9.17, 15) is 4.79 Å². The van der Waals surface area contributed by atoms with Crippen molar-refractivity contribution >= 4 is 6.41 Å². The highest BCUT2D eigenvalue weighted by molar-refractivity contribution is 5.46. The van der Waals surface area contributed by atoms with Crippen LogP contribution >= 0.6 is 0 Å². The Bertz CT molecular complexity index is 143. The van der Waals surface area contributed by atoms with Crippen LogP contribution in [0.4, 0.5) is 0 Å². The fourth-order valence-corrected chi connectivity index (χ4v) is 1.40. The van der Waals surface area contributed by atoms with E-state index < -0.39 is 0 Å². The highest BCUT2D eigenvalue weighted by atomic mass is 16.1. The topological polar surface area (TPSA) is 35.6 Å². The number of hydrogen-bond donors (Lipinski definition) is 1. The quantitative estimate of drug-likeness (QED) is 0.591. The third kappa shape index (κ3) is 2.19. The second-order valence-corrected chi connectivity index (χ2v) is 3.28. The molecule has 1 heterocycles. The lowest BCUT2D eigenvalue weighted by Crippen LogP contribution is -2.54. The summed E-state index contributed by atoms with van der Waals surface area (Å²) in [6, 6.07) is 0.264. The van der Waals surface area contributed by atoms with Crippen molar-refractivity contribution in [1.29, 1.82) is 0 Å². The van der Waals surface area contributed by atoms with Crippen LogP contribution < -0.4 is 5.32 Å². The maximum absolute atomic E-state index is 10.7. The Labute approximate surface area is 73.5 Å². The fourth-order valence-electron chi connectivity index (χ4n) is 1.40. The zero-order valence-electron chi connectivity index (χ0n) is 7.79. The number of amides is 1. The molecule has 1 aliphatic heterocycles. The Morgan fingerprint density at radius 2 is 2.00 bits per heavy atom. The molecule has 0 radical (unpaired) electrons. The molecule has 0 spiro atoms. The summed E-state index contributed by atoms with van der Waals surface area (Å²) in [6.45, 7) is 7.84. The first-order chi connectivity index (χ1) is 5.75. The van der Waals surface area contributed by atoms with E-state index in [0.29, 0.717) is 0 Å². The average molecular weight is 171 g/mol. The SMILES string of the molecule is CC(C)N(C=O)N1CCNCC1. The predicted octanol–water partition coefficient (Wildman–Crippen LogP) is -0.327. The molecule has 0 unspecified atom stereocenters. The number of hydrogen-bond acceptors (Lipinski definition) is 3. The molecule has 0 aromatic heterocycles. The van der Waals surface area contributed by atoms with E-state index in [1.165, 1.54) is 0 Å². The van der Waals surface area contributed by atoms with Gasteiger partial charge in [-0.15, -0.1) is 0 Å². The van der Waals surface area contributed by atoms with Crippen molar-refractivity contribution in [2.24, 2.45) is 0 Å². The van der Waals surface area contributed by atoms with Crippen molar-refractivity contribution in [1.82, 2.24) is 15.3 Å². The van der Waals surface area contributed by atoms with Gasteiger partial charge in [0.15, 0.2) is 0 Å². The van der Waals surface area contributed by atoms with Gasteiger partial charge < -0.3 is 5.32 Å². The Morgan fingerprint density at radius 1 is 1.42 bits per heavy atom. The summed E-state index contributed by atoms with van der Waals surface area (Å²) < 4.78 is 0. The minimum Gasteiger partial charge on any atom is -0.314 e. The van der Waals surface area contributed by atoms with Crippen LogP contribution in [0.5, 0.6) is 0 Å². The molecule has 1 N–H and O–H groups in total. The lowest BCUT2D eigenvalue weighted by molar-refractivity contribution is -0.140. The molecule has 12 heavy (non-hydrogen) atoms. The van der Waals surface area contributed by atoms with Crippen LogP contribution in [0.25, 0.3) is 0 Å². The molecule has 0 aromatic rings. The van der Waals surface area contributed by atoms with E-state index in [2.05, 4.69) is 10.3 Å². The number of carbonyl (C=O) groups is 1. The average Bonchev–Trinajstić information content (AvgIpc) is 2.07. The number of nitrogens with one attached hydrogen (secondary N) is 1. The molecular weight excluding hydrogens is 154 g/mol. The van der Waals surface area contributed by atoms with E-state index in [1.54, 1.807) is 5.01 Å². The summed E-state index contributed by atoms with van der Waals surface area (Å²) in [5.74, 6) is 0. The zero-order chi connectivity index (χ0) is 8.97. The van der Waals surface area contributed by atoms with Gasteiger partial charge in [0.25, 0.3) is 0 Å². The van der Waals surface area contributed by atoms with Crippen molar-refractivity contribution in [3.8, 4) is 0 Å². The molecule has 0 aliphatic carbocycles. The summed E-state index contributed by atoms with van der Waals surface area (Å²) in [5, 5.41) is 7.10. The summed E-state index contributed by atoms with van der Waals surface area (Å²) in [7, 11) is 0. The van der Waals surface area contributed by atoms with E-state index in [-0.39, 0.29) is 6.04 Å². The Hall–Kier alpha value is -0.610. The highest BCUT2D eigenvalue weighted by Crippen LogP contribution is 2.02. The number of nitrogens with zero attached hydrogens (tertiary/aromatic N) is 2. The largest absolute Gasteiger partial charge is 0.314 e. The van der Waals surface area contributed by atoms with E-state index >= 15 is 0 Å². The van der Waals surface area contributed by atoms with Crippen LogP contribution in [0.1, 0.15) is 13.8 Å². The zero-order valence-corrected chi connectivity index (χ0v) is 7.79. The monoisotopic (exact) mass is 171 g/mol. The number of rotatable bonds is 3. The second kappa shape index (κ2) is 4.42. The third-order valence-electron chi connectivity index (χ3n) is 2.06. The van der Waals surface area contributed by atoms with Gasteiger partial charge in [-0.3, -0.25) is 9.80 Å². The molecule has 0 atom stereocenters. The van der Waals surface area contributed by atoms with Crippen molar-refractivity contribution < 1.29 is 4.79 Å². The van der Waals surface area contributed by atoms with Crippen molar-refractivity contribution in [2.75, 3.05) is 26.2 Å². The van der Waals surface area contributed by atoms with Crippen molar-refractivity contribution in [3.05, 3.63) is 0 Å². The Kier molecular flexibility index (Phi) is 3.49. The summed E-state index contributed by atoms with van der Waals surface area (Å²) >= 11 is 0. The van der Waals surface area contributed by atoms with Gasteiger partial charge >= 0.3 is 0 Å². The smallest absolute Gasteiger partial charge is 0.224 e. The van der Waals surface area contributed by atoms with Crippen LogP contribution in [0.3, 0.4) is 0 Å². The normalized spacial score (nSPS) is 19.6. The third-order valence-corrected chi connectivity index (χ3v) is 2.06. The first-order valence-electron chi connectivity index (χ1n) is 4.45. The van der Waals surface area contributed by atoms with E-state index in [1.807, 2.05) is 13.8 Å². The van der Waals surface area contributed by atoms with E-state index in [0.717, 1.165) is 32.6 Å². The first-order valence-corrected chi connectivity index (χ1v) is 4.45. The molecule has 4 nitrogen and oxygen atoms in total. The molecule has 1 rings (SSSR count). The van der Waals surface area contributed by atoms with Crippen LogP contribution in [0, 0.1) is 0 Å². The molecule has 0 saturated carbocycles. The van der Waals surface area contributed by atoms with Crippen LogP contribution in [0.15, 0.2) is 0 Å². The minimum absolute atomic E-state index is 0.264. The lowest BCUT2D eigenvalue weighted by Gasteiger charge is -2.37. The van der Waals surface area contributed by atoms with Gasteiger partial charge in [0.1, 0.15) is 0 Å². The molecule has 1 saturated heterocycles. The molecule has 0 bridgehead atoms. The van der Waals surface area contributed by atoms with E-state index in [4.69, 9.17) is 0 Å². The predicted molar refractivity (Wildman–Crippen MR) is 47.5 cm³/mol. The summed E-state index contributed by atoms with van der Waals surface area (Å²) in [5.41, 5.74) is 0.